The highest BCUT2D eigenvalue weighted by molar-refractivity contribution is 5.81. The Labute approximate surface area is 61.2 Å². The van der Waals surface area contributed by atoms with Crippen LogP contribution in [0.1, 0.15) is 12.8 Å². The third-order valence-corrected chi connectivity index (χ3v) is 1.78. The molecule has 0 spiro atoms. The van der Waals surface area contributed by atoms with Crippen molar-refractivity contribution in [2.75, 3.05) is 26.2 Å². The van der Waals surface area contributed by atoms with Crippen molar-refractivity contribution in [3.8, 4) is 0 Å². The first-order chi connectivity index (χ1) is 4.83. The Morgan fingerprint density at radius 1 is 1.60 bits per heavy atom. The second-order valence-corrected chi connectivity index (χ2v) is 2.71. The van der Waals surface area contributed by atoms with Gasteiger partial charge in [0.15, 0.2) is 0 Å². The van der Waals surface area contributed by atoms with Crippen LogP contribution in [0, 0.1) is 0 Å². The zero-order chi connectivity index (χ0) is 7.40. The zero-order valence-corrected chi connectivity index (χ0v) is 6.18. The molecule has 1 aliphatic rings. The van der Waals surface area contributed by atoms with Gasteiger partial charge in [0.05, 0.1) is 6.54 Å². The smallest absolute Gasteiger partial charge is 0.146 e. The molecule has 1 fully saturated rings. The molecule has 0 aromatic rings. The van der Waals surface area contributed by atoms with Crippen LogP contribution < -0.4 is 5.73 Å². The second-order valence-electron chi connectivity index (χ2n) is 2.71. The largest absolute Gasteiger partial charge is 0.329 e. The summed E-state index contributed by atoms with van der Waals surface area (Å²) in [5.41, 5.74) is 5.35. The van der Waals surface area contributed by atoms with Crippen LogP contribution in [0.3, 0.4) is 0 Å². The van der Waals surface area contributed by atoms with E-state index in [1.165, 1.54) is 0 Å². The Bertz CT molecular complexity index is 123. The van der Waals surface area contributed by atoms with E-state index in [1.807, 2.05) is 0 Å². The van der Waals surface area contributed by atoms with Gasteiger partial charge in [0.2, 0.25) is 0 Å². The molecule has 0 saturated carbocycles. The van der Waals surface area contributed by atoms with Crippen LogP contribution in [-0.2, 0) is 4.79 Å². The van der Waals surface area contributed by atoms with Crippen molar-refractivity contribution in [2.24, 2.45) is 5.73 Å². The Morgan fingerprint density at radius 2 is 2.40 bits per heavy atom. The van der Waals surface area contributed by atoms with Gasteiger partial charge < -0.3 is 5.73 Å². The lowest BCUT2D eigenvalue weighted by Gasteiger charge is -2.24. The average Bonchev–Trinajstić information content (AvgIpc) is 1.88. The number of hydrogen-bond donors (Lipinski definition) is 1. The van der Waals surface area contributed by atoms with Crippen molar-refractivity contribution >= 4 is 5.78 Å². The van der Waals surface area contributed by atoms with E-state index >= 15 is 0 Å². The summed E-state index contributed by atoms with van der Waals surface area (Å²) in [6, 6.07) is 0. The van der Waals surface area contributed by atoms with E-state index < -0.39 is 0 Å². The number of piperidine rings is 1. The van der Waals surface area contributed by atoms with E-state index in [1.54, 1.807) is 0 Å². The summed E-state index contributed by atoms with van der Waals surface area (Å²) < 4.78 is 0. The predicted octanol–water partition coefficient (Wildman–Crippen LogP) is -0.390. The quantitative estimate of drug-likeness (QED) is 0.571. The third kappa shape index (κ3) is 2.08. The van der Waals surface area contributed by atoms with Gasteiger partial charge in [-0.05, 0) is 13.0 Å². The summed E-state index contributed by atoms with van der Waals surface area (Å²) in [5.74, 6) is 0.361. The lowest BCUT2D eigenvalue weighted by Crippen LogP contribution is -2.38. The number of hydrogen-bond acceptors (Lipinski definition) is 3. The van der Waals surface area contributed by atoms with E-state index in [2.05, 4.69) is 4.90 Å². The van der Waals surface area contributed by atoms with Gasteiger partial charge in [0.25, 0.3) is 0 Å². The number of nitrogens with two attached hydrogens (primary N) is 1. The molecule has 58 valence electrons. The molecule has 0 radical (unpaired) electrons. The summed E-state index contributed by atoms with van der Waals surface area (Å²) in [4.78, 5) is 13.0. The number of ketones is 1. The molecule has 0 amide bonds. The molecule has 0 bridgehead atoms. The van der Waals surface area contributed by atoms with Crippen LogP contribution in [0.4, 0.5) is 0 Å². The van der Waals surface area contributed by atoms with Crippen LogP contribution >= 0.6 is 0 Å². The molecule has 0 aliphatic carbocycles. The van der Waals surface area contributed by atoms with Crippen molar-refractivity contribution in [3.63, 3.8) is 0 Å². The van der Waals surface area contributed by atoms with Crippen LogP contribution in [0.2, 0.25) is 0 Å². The molecular formula is C7H14N2O. The number of likely N-dealkylation sites (tertiary alicyclic amines) is 1. The van der Waals surface area contributed by atoms with Crippen LogP contribution in [-0.4, -0.2) is 36.9 Å². The van der Waals surface area contributed by atoms with Crippen LogP contribution in [0.25, 0.3) is 0 Å². The highest BCUT2D eigenvalue weighted by Gasteiger charge is 2.14. The van der Waals surface area contributed by atoms with Crippen molar-refractivity contribution < 1.29 is 4.79 Å². The average molecular weight is 142 g/mol. The van der Waals surface area contributed by atoms with Gasteiger partial charge in [-0.2, -0.15) is 0 Å². The predicted molar refractivity (Wildman–Crippen MR) is 39.7 cm³/mol. The fourth-order valence-electron chi connectivity index (χ4n) is 1.28. The Morgan fingerprint density at radius 3 is 3.00 bits per heavy atom. The molecule has 0 aromatic carbocycles. The number of Topliss-reactive ketones (excluding diaryl/α,β-unsaturated/α-hetero) is 1. The van der Waals surface area contributed by atoms with Gasteiger partial charge in [0, 0.05) is 19.5 Å². The molecule has 3 heteroatoms. The molecule has 0 unspecified atom stereocenters. The van der Waals surface area contributed by atoms with Gasteiger partial charge in [-0.15, -0.1) is 0 Å². The topological polar surface area (TPSA) is 46.3 Å². The Kier molecular flexibility index (Phi) is 2.83. The minimum Gasteiger partial charge on any atom is -0.329 e. The molecule has 3 nitrogen and oxygen atoms in total. The fourth-order valence-corrected chi connectivity index (χ4v) is 1.28. The highest BCUT2D eigenvalue weighted by atomic mass is 16.1. The summed E-state index contributed by atoms with van der Waals surface area (Å²) in [6.07, 6.45) is 1.78. The van der Waals surface area contributed by atoms with Gasteiger partial charge in [-0.25, -0.2) is 0 Å². The van der Waals surface area contributed by atoms with E-state index in [0.29, 0.717) is 18.9 Å². The summed E-state index contributed by atoms with van der Waals surface area (Å²) in [6.45, 7) is 3.19. The SMILES string of the molecule is NCCN1CCCC(=O)C1. The van der Waals surface area contributed by atoms with Gasteiger partial charge in [-0.3, -0.25) is 9.69 Å². The minimum atomic E-state index is 0.361. The maximum absolute atomic E-state index is 10.9. The monoisotopic (exact) mass is 142 g/mol. The van der Waals surface area contributed by atoms with E-state index in [9.17, 15) is 4.79 Å². The molecule has 1 rings (SSSR count). The van der Waals surface area contributed by atoms with Gasteiger partial charge >= 0.3 is 0 Å². The normalized spacial score (nSPS) is 21.5. The number of carbonyl (C=O) groups is 1. The molecular weight excluding hydrogens is 128 g/mol. The van der Waals surface area contributed by atoms with E-state index in [-0.39, 0.29) is 0 Å². The fraction of sp³-hybridized carbons (Fsp3) is 0.857. The lowest BCUT2D eigenvalue weighted by molar-refractivity contribution is -0.122. The van der Waals surface area contributed by atoms with Crippen molar-refractivity contribution in [3.05, 3.63) is 0 Å². The zero-order valence-electron chi connectivity index (χ0n) is 6.18. The summed E-state index contributed by atoms with van der Waals surface area (Å²) >= 11 is 0. The highest BCUT2D eigenvalue weighted by Crippen LogP contribution is 2.03. The molecule has 2 N–H and O–H groups in total. The van der Waals surface area contributed by atoms with E-state index in [0.717, 1.165) is 25.9 Å². The first-order valence-corrected chi connectivity index (χ1v) is 3.77. The van der Waals surface area contributed by atoms with Crippen LogP contribution in [0.5, 0.6) is 0 Å². The molecule has 1 heterocycles. The maximum atomic E-state index is 10.9. The molecule has 0 aromatic heterocycles. The van der Waals surface area contributed by atoms with Gasteiger partial charge in [0.1, 0.15) is 5.78 Å². The number of nitrogens with zero attached hydrogens (tertiary/aromatic N) is 1. The van der Waals surface area contributed by atoms with E-state index in [4.69, 9.17) is 5.73 Å². The van der Waals surface area contributed by atoms with Crippen LogP contribution in [0.15, 0.2) is 0 Å². The third-order valence-electron chi connectivity index (χ3n) is 1.78. The number of rotatable bonds is 2. The molecule has 1 saturated heterocycles. The Balaban J connectivity index is 2.25. The van der Waals surface area contributed by atoms with Crippen molar-refractivity contribution in [1.29, 1.82) is 0 Å². The number of carbonyl (C=O) groups excluding carboxylic acids is 1. The summed E-state index contributed by atoms with van der Waals surface area (Å²) in [5, 5.41) is 0. The van der Waals surface area contributed by atoms with Crippen molar-refractivity contribution in [2.45, 2.75) is 12.8 Å². The maximum Gasteiger partial charge on any atom is 0.146 e. The lowest BCUT2D eigenvalue weighted by atomic mass is 10.1. The summed E-state index contributed by atoms with van der Waals surface area (Å²) in [7, 11) is 0. The first kappa shape index (κ1) is 7.69. The molecule has 0 atom stereocenters. The first-order valence-electron chi connectivity index (χ1n) is 3.77. The molecule has 10 heavy (non-hydrogen) atoms. The Hall–Kier alpha value is -0.410. The standard InChI is InChI=1S/C7H14N2O/c8-3-5-9-4-1-2-7(10)6-9/h1-6,8H2. The van der Waals surface area contributed by atoms with Crippen molar-refractivity contribution in [1.82, 2.24) is 4.90 Å². The molecule has 1 aliphatic heterocycles. The minimum absolute atomic E-state index is 0.361. The second kappa shape index (κ2) is 3.68. The van der Waals surface area contributed by atoms with Gasteiger partial charge in [-0.1, -0.05) is 0 Å².